The number of amides is 1. The average molecular weight is 570 g/mol. The van der Waals surface area contributed by atoms with E-state index in [2.05, 4.69) is 5.32 Å². The molecule has 0 aromatic heterocycles. The van der Waals surface area contributed by atoms with Crippen LogP contribution >= 0.6 is 0 Å². The van der Waals surface area contributed by atoms with Gasteiger partial charge in [-0.1, -0.05) is 60.2 Å². The van der Waals surface area contributed by atoms with E-state index in [1.807, 2.05) is 49.4 Å². The van der Waals surface area contributed by atoms with Crippen molar-refractivity contribution >= 4 is 26.0 Å². The smallest absolute Gasteiger partial charge is 0.244 e. The van der Waals surface area contributed by atoms with Crippen LogP contribution in [0.25, 0.3) is 0 Å². The third-order valence-corrected chi connectivity index (χ3v) is 10.9. The number of nitrogens with zero attached hydrogens (tertiary/aromatic N) is 2. The lowest BCUT2D eigenvalue weighted by Gasteiger charge is -2.24. The predicted molar refractivity (Wildman–Crippen MR) is 151 cm³/mol. The number of benzene rings is 3. The van der Waals surface area contributed by atoms with Crippen molar-refractivity contribution in [3.05, 3.63) is 94.5 Å². The summed E-state index contributed by atoms with van der Waals surface area (Å²) in [4.78, 5) is 13.4. The summed E-state index contributed by atoms with van der Waals surface area (Å²) in [5, 5.41) is 2.79. The van der Waals surface area contributed by atoms with Gasteiger partial charge in [-0.3, -0.25) is 4.79 Å². The number of carbonyl (C=O) groups excluding carboxylic acids is 1. The lowest BCUT2D eigenvalue weighted by atomic mass is 10.1. The highest BCUT2D eigenvalue weighted by molar-refractivity contribution is 7.89. The van der Waals surface area contributed by atoms with E-state index in [1.54, 1.807) is 38.1 Å². The first-order chi connectivity index (χ1) is 18.5. The molecule has 0 bridgehead atoms. The number of hydrogen-bond donors (Lipinski definition) is 1. The van der Waals surface area contributed by atoms with Crippen molar-refractivity contribution in [3.8, 4) is 0 Å². The van der Waals surface area contributed by atoms with Crippen LogP contribution < -0.4 is 5.32 Å². The molecule has 10 heteroatoms. The van der Waals surface area contributed by atoms with Crippen LogP contribution in [0.4, 0.5) is 0 Å². The Labute approximate surface area is 231 Å². The Bertz CT molecular complexity index is 1510. The molecule has 1 aliphatic rings. The van der Waals surface area contributed by atoms with E-state index in [-0.39, 0.29) is 29.4 Å². The molecule has 8 nitrogen and oxygen atoms in total. The van der Waals surface area contributed by atoms with Crippen LogP contribution in [0, 0.1) is 20.8 Å². The van der Waals surface area contributed by atoms with Gasteiger partial charge in [0.15, 0.2) is 0 Å². The normalized spacial score (nSPS) is 14.6. The van der Waals surface area contributed by atoms with Gasteiger partial charge in [0.05, 0.1) is 16.3 Å². The fraction of sp³-hybridized carbons (Fsp3) is 0.345. The molecule has 0 saturated carbocycles. The summed E-state index contributed by atoms with van der Waals surface area (Å²) < 4.78 is 55.9. The average Bonchev–Trinajstić information content (AvgIpc) is 3.43. The van der Waals surface area contributed by atoms with E-state index >= 15 is 0 Å². The predicted octanol–water partition coefficient (Wildman–Crippen LogP) is 3.90. The van der Waals surface area contributed by atoms with E-state index in [4.69, 9.17) is 0 Å². The fourth-order valence-corrected chi connectivity index (χ4v) is 8.30. The summed E-state index contributed by atoms with van der Waals surface area (Å²) in [6, 6.07) is 19.2. The second kappa shape index (κ2) is 12.0. The van der Waals surface area contributed by atoms with Crippen LogP contribution in [0.3, 0.4) is 0 Å². The number of sulfonamides is 2. The quantitative estimate of drug-likeness (QED) is 0.399. The van der Waals surface area contributed by atoms with Gasteiger partial charge in [0.2, 0.25) is 26.0 Å². The largest absolute Gasteiger partial charge is 0.351 e. The second-order valence-electron chi connectivity index (χ2n) is 10.0. The second-order valence-corrected chi connectivity index (χ2v) is 13.8. The summed E-state index contributed by atoms with van der Waals surface area (Å²) in [6.07, 6.45) is 1.73. The van der Waals surface area contributed by atoms with Crippen LogP contribution in [0.15, 0.2) is 76.5 Å². The van der Waals surface area contributed by atoms with Gasteiger partial charge >= 0.3 is 0 Å². The van der Waals surface area contributed by atoms with E-state index in [1.165, 1.54) is 8.61 Å². The molecule has 1 aliphatic heterocycles. The Morgan fingerprint density at radius 1 is 0.846 bits per heavy atom. The fourth-order valence-electron chi connectivity index (χ4n) is 4.99. The summed E-state index contributed by atoms with van der Waals surface area (Å²) in [5.41, 5.74) is 3.72. The molecule has 0 radical (unpaired) electrons. The Hall–Kier alpha value is -3.05. The molecule has 0 spiro atoms. The molecule has 3 aromatic rings. The van der Waals surface area contributed by atoms with E-state index < -0.39 is 26.0 Å². The monoisotopic (exact) mass is 569 g/mol. The molecule has 0 aliphatic carbocycles. The highest BCUT2D eigenvalue weighted by atomic mass is 32.2. The topological polar surface area (TPSA) is 104 Å². The number of aryl methyl sites for hydroxylation is 3. The summed E-state index contributed by atoms with van der Waals surface area (Å²) >= 11 is 0. The lowest BCUT2D eigenvalue weighted by Crippen LogP contribution is -2.40. The summed E-state index contributed by atoms with van der Waals surface area (Å²) in [5.74, 6) is -0.453. The maximum Gasteiger partial charge on any atom is 0.244 e. The van der Waals surface area contributed by atoms with Crippen molar-refractivity contribution in [3.63, 3.8) is 0 Å². The number of hydrogen-bond acceptors (Lipinski definition) is 5. The molecule has 1 N–H and O–H groups in total. The molecule has 208 valence electrons. The third-order valence-electron chi connectivity index (χ3n) is 6.84. The first kappa shape index (κ1) is 28.9. The molecular weight excluding hydrogens is 534 g/mol. The van der Waals surface area contributed by atoms with Crippen LogP contribution in [0.2, 0.25) is 0 Å². The Morgan fingerprint density at radius 2 is 1.44 bits per heavy atom. The molecule has 4 rings (SSSR count). The van der Waals surface area contributed by atoms with Crippen molar-refractivity contribution in [1.82, 2.24) is 13.9 Å². The van der Waals surface area contributed by atoms with Gasteiger partial charge in [-0.15, -0.1) is 0 Å². The van der Waals surface area contributed by atoms with Crippen molar-refractivity contribution in [2.75, 3.05) is 19.6 Å². The molecule has 0 unspecified atom stereocenters. The minimum atomic E-state index is -3.98. The Balaban J connectivity index is 1.49. The van der Waals surface area contributed by atoms with E-state index in [0.717, 1.165) is 24.0 Å². The molecule has 0 atom stereocenters. The summed E-state index contributed by atoms with van der Waals surface area (Å²) in [6.45, 7) is 6.35. The van der Waals surface area contributed by atoms with Gasteiger partial charge in [0, 0.05) is 26.2 Å². The minimum Gasteiger partial charge on any atom is -0.351 e. The zero-order chi connectivity index (χ0) is 28.2. The lowest BCUT2D eigenvalue weighted by molar-refractivity contribution is -0.121. The van der Waals surface area contributed by atoms with E-state index in [9.17, 15) is 21.6 Å². The standard InChI is InChI=1S/C29H35N3O5S2/c1-22-17-23(2)29(24(3)18-22)39(36,37)32(20-26-9-5-4-6-10-26)21-28(33)30-19-25-11-13-27(14-12-25)38(34,35)31-15-7-8-16-31/h4-6,9-14,17-18H,7-8,15-16,19-21H2,1-3H3,(H,30,33). The SMILES string of the molecule is Cc1cc(C)c(S(=O)(=O)N(CC(=O)NCc2ccc(S(=O)(=O)N3CCCC3)cc2)Cc2ccccc2)c(C)c1. The van der Waals surface area contributed by atoms with Crippen LogP contribution in [0.5, 0.6) is 0 Å². The number of carbonyl (C=O) groups is 1. The molecule has 1 fully saturated rings. The molecule has 3 aromatic carbocycles. The van der Waals surface area contributed by atoms with Gasteiger partial charge in [-0.25, -0.2) is 16.8 Å². The van der Waals surface area contributed by atoms with Gasteiger partial charge < -0.3 is 5.32 Å². The van der Waals surface area contributed by atoms with Crippen molar-refractivity contribution in [2.45, 2.75) is 56.5 Å². The zero-order valence-corrected chi connectivity index (χ0v) is 24.2. The molecule has 39 heavy (non-hydrogen) atoms. The zero-order valence-electron chi connectivity index (χ0n) is 22.6. The Morgan fingerprint density at radius 3 is 2.03 bits per heavy atom. The van der Waals surface area contributed by atoms with Crippen molar-refractivity contribution < 1.29 is 21.6 Å². The van der Waals surface area contributed by atoms with Crippen LogP contribution in [0.1, 0.15) is 40.7 Å². The number of nitrogens with one attached hydrogen (secondary N) is 1. The van der Waals surface area contributed by atoms with Crippen LogP contribution in [-0.4, -0.2) is 51.0 Å². The molecular formula is C29H35N3O5S2. The molecule has 1 amide bonds. The maximum absolute atomic E-state index is 13.8. The highest BCUT2D eigenvalue weighted by Crippen LogP contribution is 2.26. The van der Waals surface area contributed by atoms with Gasteiger partial charge in [0.1, 0.15) is 0 Å². The molecule has 1 saturated heterocycles. The first-order valence-electron chi connectivity index (χ1n) is 13.0. The number of rotatable bonds is 10. The summed E-state index contributed by atoms with van der Waals surface area (Å²) in [7, 11) is -7.50. The minimum absolute atomic E-state index is 0.0480. The van der Waals surface area contributed by atoms with Gasteiger partial charge in [-0.05, 0) is 68.0 Å². The first-order valence-corrected chi connectivity index (χ1v) is 15.8. The van der Waals surface area contributed by atoms with Gasteiger partial charge in [0.25, 0.3) is 0 Å². The highest BCUT2D eigenvalue weighted by Gasteiger charge is 2.30. The van der Waals surface area contributed by atoms with Crippen LogP contribution in [-0.2, 0) is 37.9 Å². The van der Waals surface area contributed by atoms with Crippen molar-refractivity contribution in [2.24, 2.45) is 0 Å². The molecule has 1 heterocycles. The Kier molecular flexibility index (Phi) is 8.90. The van der Waals surface area contributed by atoms with E-state index in [0.29, 0.717) is 29.8 Å². The third kappa shape index (κ3) is 6.75. The van der Waals surface area contributed by atoms with Crippen molar-refractivity contribution in [1.29, 1.82) is 0 Å². The van der Waals surface area contributed by atoms with Gasteiger partial charge in [-0.2, -0.15) is 8.61 Å². The maximum atomic E-state index is 13.8.